The summed E-state index contributed by atoms with van der Waals surface area (Å²) >= 11 is 6.22. The molecule has 0 saturated carbocycles. The molecule has 0 unspecified atom stereocenters. The Kier molecular flexibility index (Phi) is 4.99. The molecule has 0 fully saturated rings. The summed E-state index contributed by atoms with van der Waals surface area (Å²) in [5.41, 5.74) is 12.1. The number of nitrogens with two attached hydrogens (primary N) is 1. The number of aryl methyl sites for hydroxylation is 1. The van der Waals surface area contributed by atoms with Gasteiger partial charge in [-0.05, 0) is 42.8 Å². The van der Waals surface area contributed by atoms with E-state index in [1.807, 2.05) is 67.6 Å². The molecule has 7 heteroatoms. The van der Waals surface area contributed by atoms with Gasteiger partial charge in [-0.15, -0.1) is 0 Å². The molecule has 0 saturated heterocycles. The van der Waals surface area contributed by atoms with Gasteiger partial charge in [0.2, 0.25) is 0 Å². The number of fused-ring (bicyclic) bond motifs is 2. The van der Waals surface area contributed by atoms with Crippen LogP contribution < -0.4 is 11.1 Å². The first-order valence-corrected chi connectivity index (χ1v) is 10.6. The third-order valence-corrected chi connectivity index (χ3v) is 5.60. The largest absolute Gasteiger partial charge is 0.384 e. The van der Waals surface area contributed by atoms with Crippen LogP contribution in [0.1, 0.15) is 21.5 Å². The van der Waals surface area contributed by atoms with E-state index in [1.165, 1.54) is 0 Å². The van der Waals surface area contributed by atoms with Crippen LogP contribution in [0.3, 0.4) is 0 Å². The topological polar surface area (TPSA) is 85.8 Å². The van der Waals surface area contributed by atoms with Crippen LogP contribution in [-0.4, -0.2) is 20.4 Å². The average Bonchev–Trinajstić information content (AvgIpc) is 3.07. The number of nitrogen functional groups attached to an aromatic ring is 1. The average molecular weight is 442 g/mol. The maximum atomic E-state index is 13.3. The predicted octanol–water partition coefficient (Wildman–Crippen LogP) is 5.05. The van der Waals surface area contributed by atoms with Gasteiger partial charge >= 0.3 is 0 Å². The summed E-state index contributed by atoms with van der Waals surface area (Å²) in [5.74, 6) is -0.0441. The second kappa shape index (κ2) is 7.98. The molecule has 0 bridgehead atoms. The lowest BCUT2D eigenvalue weighted by Crippen LogP contribution is -2.24. The Morgan fingerprint density at radius 2 is 1.72 bits per heavy atom. The van der Waals surface area contributed by atoms with Gasteiger partial charge in [0.1, 0.15) is 16.9 Å². The van der Waals surface area contributed by atoms with Crippen molar-refractivity contribution in [2.75, 3.05) is 5.73 Å². The summed E-state index contributed by atoms with van der Waals surface area (Å²) in [6.45, 7) is 2.40. The molecule has 0 atom stereocenters. The molecular formula is C25H20ClN5O. The molecule has 32 heavy (non-hydrogen) atoms. The Bertz CT molecular complexity index is 1470. The summed E-state index contributed by atoms with van der Waals surface area (Å²) in [5, 5.41) is 3.52. The molecule has 158 valence electrons. The van der Waals surface area contributed by atoms with E-state index >= 15 is 0 Å². The second-order valence-electron chi connectivity index (χ2n) is 7.63. The maximum absolute atomic E-state index is 13.3. The smallest absolute Gasteiger partial charge is 0.257 e. The number of amides is 1. The minimum atomic E-state index is -0.307. The SMILES string of the molecule is Cc1ccc(CNC(=O)c2c(N)n(-c3cccc(Cl)c3)c3nc4ccccc4nc23)cc1. The number of nitrogens with one attached hydrogen (secondary N) is 1. The summed E-state index contributed by atoms with van der Waals surface area (Å²) < 4.78 is 1.72. The Labute approximate surface area is 189 Å². The number of hydrogen-bond acceptors (Lipinski definition) is 4. The van der Waals surface area contributed by atoms with Gasteiger partial charge in [0, 0.05) is 11.6 Å². The summed E-state index contributed by atoms with van der Waals surface area (Å²) in [6, 6.07) is 22.8. The van der Waals surface area contributed by atoms with Crippen molar-refractivity contribution in [3.05, 3.63) is 94.5 Å². The Morgan fingerprint density at radius 1 is 1.00 bits per heavy atom. The zero-order valence-electron chi connectivity index (χ0n) is 17.3. The van der Waals surface area contributed by atoms with E-state index in [0.717, 1.165) is 11.1 Å². The van der Waals surface area contributed by atoms with Crippen molar-refractivity contribution < 1.29 is 4.79 Å². The number of anilines is 1. The molecule has 0 spiro atoms. The standard InChI is InChI=1S/C25H20ClN5O/c1-15-9-11-16(12-10-15)14-28-25(32)21-22-24(30-20-8-3-2-7-19(20)29-22)31(23(21)27)18-6-4-5-17(26)13-18/h2-13H,14,27H2,1H3,(H,28,32). The first kappa shape index (κ1) is 20.0. The summed E-state index contributed by atoms with van der Waals surface area (Å²) in [6.07, 6.45) is 0. The maximum Gasteiger partial charge on any atom is 0.257 e. The van der Waals surface area contributed by atoms with Crippen LogP contribution in [0.2, 0.25) is 5.02 Å². The second-order valence-corrected chi connectivity index (χ2v) is 8.06. The predicted molar refractivity (Wildman–Crippen MR) is 128 cm³/mol. The molecule has 5 rings (SSSR count). The third-order valence-electron chi connectivity index (χ3n) is 5.36. The van der Waals surface area contributed by atoms with Gasteiger partial charge < -0.3 is 11.1 Å². The van der Waals surface area contributed by atoms with E-state index in [0.29, 0.717) is 45.0 Å². The Morgan fingerprint density at radius 3 is 2.44 bits per heavy atom. The number of halogens is 1. The van der Waals surface area contributed by atoms with E-state index < -0.39 is 0 Å². The number of benzene rings is 3. The number of carbonyl (C=O) groups excluding carboxylic acids is 1. The summed E-state index contributed by atoms with van der Waals surface area (Å²) in [7, 11) is 0. The fourth-order valence-electron chi connectivity index (χ4n) is 3.74. The molecule has 1 amide bonds. The lowest BCUT2D eigenvalue weighted by molar-refractivity contribution is 0.0953. The molecular weight excluding hydrogens is 422 g/mol. The van der Waals surface area contributed by atoms with Crippen LogP contribution in [0.25, 0.3) is 27.9 Å². The normalized spacial score (nSPS) is 11.2. The molecule has 2 heterocycles. The van der Waals surface area contributed by atoms with Gasteiger partial charge in [-0.2, -0.15) is 0 Å². The van der Waals surface area contributed by atoms with Crippen molar-refractivity contribution in [1.29, 1.82) is 0 Å². The zero-order valence-corrected chi connectivity index (χ0v) is 18.1. The highest BCUT2D eigenvalue weighted by molar-refractivity contribution is 6.30. The monoisotopic (exact) mass is 441 g/mol. The van der Waals surface area contributed by atoms with Crippen molar-refractivity contribution >= 4 is 45.5 Å². The van der Waals surface area contributed by atoms with Crippen molar-refractivity contribution in [2.45, 2.75) is 13.5 Å². The van der Waals surface area contributed by atoms with Crippen molar-refractivity contribution in [3.63, 3.8) is 0 Å². The Balaban J connectivity index is 1.65. The van der Waals surface area contributed by atoms with Crippen LogP contribution in [-0.2, 0) is 6.54 Å². The molecule has 6 nitrogen and oxygen atoms in total. The van der Waals surface area contributed by atoms with Gasteiger partial charge in [-0.25, -0.2) is 9.97 Å². The minimum absolute atomic E-state index is 0.263. The molecule has 0 radical (unpaired) electrons. The van der Waals surface area contributed by atoms with Crippen LogP contribution in [0.5, 0.6) is 0 Å². The fraction of sp³-hybridized carbons (Fsp3) is 0.0800. The molecule has 3 aromatic carbocycles. The van der Waals surface area contributed by atoms with Gasteiger partial charge in [-0.1, -0.05) is 59.6 Å². The number of para-hydroxylation sites is 2. The molecule has 2 aromatic heterocycles. The third kappa shape index (κ3) is 3.55. The number of hydrogen-bond donors (Lipinski definition) is 2. The fourth-order valence-corrected chi connectivity index (χ4v) is 3.92. The molecule has 0 aliphatic rings. The first-order chi connectivity index (χ1) is 15.5. The van der Waals surface area contributed by atoms with E-state index in [9.17, 15) is 4.79 Å². The van der Waals surface area contributed by atoms with Crippen LogP contribution in [0.15, 0.2) is 72.8 Å². The molecule has 0 aliphatic heterocycles. The number of rotatable bonds is 4. The zero-order chi connectivity index (χ0) is 22.2. The molecule has 0 aliphatic carbocycles. The highest BCUT2D eigenvalue weighted by atomic mass is 35.5. The van der Waals surface area contributed by atoms with E-state index in [4.69, 9.17) is 27.3 Å². The Hall–Kier alpha value is -3.90. The summed E-state index contributed by atoms with van der Waals surface area (Å²) in [4.78, 5) is 22.8. The van der Waals surface area contributed by atoms with Crippen LogP contribution in [0.4, 0.5) is 5.82 Å². The number of carbonyl (C=O) groups is 1. The molecule has 5 aromatic rings. The van der Waals surface area contributed by atoms with E-state index in [-0.39, 0.29) is 11.7 Å². The minimum Gasteiger partial charge on any atom is -0.384 e. The van der Waals surface area contributed by atoms with Gasteiger partial charge in [0.15, 0.2) is 5.65 Å². The van der Waals surface area contributed by atoms with Crippen LogP contribution in [0, 0.1) is 6.92 Å². The van der Waals surface area contributed by atoms with Gasteiger partial charge in [-0.3, -0.25) is 9.36 Å². The quantitative estimate of drug-likeness (QED) is 0.408. The van der Waals surface area contributed by atoms with E-state index in [1.54, 1.807) is 16.7 Å². The lowest BCUT2D eigenvalue weighted by atomic mass is 10.1. The van der Waals surface area contributed by atoms with Gasteiger partial charge in [0.25, 0.3) is 5.91 Å². The highest BCUT2D eigenvalue weighted by Gasteiger charge is 2.24. The van der Waals surface area contributed by atoms with Gasteiger partial charge in [0.05, 0.1) is 16.7 Å². The van der Waals surface area contributed by atoms with Crippen molar-refractivity contribution in [1.82, 2.24) is 19.9 Å². The van der Waals surface area contributed by atoms with Crippen molar-refractivity contribution in [3.8, 4) is 5.69 Å². The van der Waals surface area contributed by atoms with Crippen LogP contribution >= 0.6 is 11.6 Å². The number of nitrogens with zero attached hydrogens (tertiary/aromatic N) is 3. The highest BCUT2D eigenvalue weighted by Crippen LogP contribution is 2.31. The lowest BCUT2D eigenvalue weighted by Gasteiger charge is -2.09. The first-order valence-electron chi connectivity index (χ1n) is 10.2. The molecule has 3 N–H and O–H groups in total. The van der Waals surface area contributed by atoms with E-state index in [2.05, 4.69) is 5.32 Å². The number of aromatic nitrogens is 3. The van der Waals surface area contributed by atoms with Crippen molar-refractivity contribution in [2.24, 2.45) is 0 Å².